The molecule has 0 radical (unpaired) electrons. The molecule has 2 aromatic rings. The molecule has 0 saturated carbocycles. The number of benzene rings is 1. The smallest absolute Gasteiger partial charge is 0.101 e. The number of rotatable bonds is 5. The molecule has 0 fully saturated rings. The average molecular weight is 241 g/mol. The second-order valence-corrected chi connectivity index (χ2v) is 4.11. The van der Waals surface area contributed by atoms with Crippen LogP contribution in [0.3, 0.4) is 0 Å². The maximum Gasteiger partial charge on any atom is 0.101 e. The van der Waals surface area contributed by atoms with Crippen molar-refractivity contribution in [3.8, 4) is 6.07 Å². The highest BCUT2D eigenvalue weighted by molar-refractivity contribution is 5.58. The van der Waals surface area contributed by atoms with Crippen LogP contribution < -0.4 is 5.32 Å². The van der Waals surface area contributed by atoms with Gasteiger partial charge in [-0.25, -0.2) is 0 Å². The van der Waals surface area contributed by atoms with Gasteiger partial charge in [-0.05, 0) is 31.0 Å². The highest BCUT2D eigenvalue weighted by Crippen LogP contribution is 2.16. The van der Waals surface area contributed by atoms with Crippen LogP contribution >= 0.6 is 0 Å². The van der Waals surface area contributed by atoms with E-state index in [-0.39, 0.29) is 0 Å². The molecule has 0 aliphatic rings. The fourth-order valence-corrected chi connectivity index (χ4v) is 1.72. The lowest BCUT2D eigenvalue weighted by molar-refractivity contribution is 0.570. The van der Waals surface area contributed by atoms with Gasteiger partial charge in [-0.2, -0.15) is 5.26 Å². The van der Waals surface area contributed by atoms with Crippen LogP contribution in [-0.2, 0) is 6.54 Å². The molecular weight excluding hydrogens is 226 g/mol. The Balaban J connectivity index is 1.85. The standard InChI is InChI=1S/C13H15N5/c1-11-3-4-13(12(9-11)10-14)15-5-2-7-18-8-6-16-17-18/h3-4,6,8-9,15H,2,5,7H2,1H3. The summed E-state index contributed by atoms with van der Waals surface area (Å²) < 4.78 is 1.79. The highest BCUT2D eigenvalue weighted by Gasteiger charge is 2.01. The Kier molecular flexibility index (Phi) is 3.92. The van der Waals surface area contributed by atoms with Crippen molar-refractivity contribution in [3.63, 3.8) is 0 Å². The first kappa shape index (κ1) is 12.1. The van der Waals surface area contributed by atoms with Crippen LogP contribution in [0.25, 0.3) is 0 Å². The quantitative estimate of drug-likeness (QED) is 0.813. The molecule has 5 heteroatoms. The Labute approximate surface area is 106 Å². The fourth-order valence-electron chi connectivity index (χ4n) is 1.72. The van der Waals surface area contributed by atoms with Gasteiger partial charge >= 0.3 is 0 Å². The number of anilines is 1. The second kappa shape index (κ2) is 5.82. The van der Waals surface area contributed by atoms with Gasteiger partial charge in [-0.15, -0.1) is 5.10 Å². The highest BCUT2D eigenvalue weighted by atomic mass is 15.4. The Bertz CT molecular complexity index is 539. The molecule has 1 aromatic carbocycles. The minimum Gasteiger partial charge on any atom is -0.384 e. The molecule has 5 nitrogen and oxygen atoms in total. The summed E-state index contributed by atoms with van der Waals surface area (Å²) >= 11 is 0. The molecule has 0 spiro atoms. The van der Waals surface area contributed by atoms with E-state index < -0.39 is 0 Å². The molecule has 1 heterocycles. The number of nitrogens with one attached hydrogen (secondary N) is 1. The SMILES string of the molecule is Cc1ccc(NCCCn2ccnn2)c(C#N)c1. The fraction of sp³-hybridized carbons (Fsp3) is 0.308. The summed E-state index contributed by atoms with van der Waals surface area (Å²) in [5, 5.41) is 19.9. The first-order valence-electron chi connectivity index (χ1n) is 5.88. The zero-order chi connectivity index (χ0) is 12.8. The van der Waals surface area contributed by atoms with Gasteiger partial charge in [-0.1, -0.05) is 11.3 Å². The monoisotopic (exact) mass is 241 g/mol. The molecule has 0 amide bonds. The molecule has 1 N–H and O–H groups in total. The topological polar surface area (TPSA) is 66.5 Å². The zero-order valence-electron chi connectivity index (χ0n) is 10.3. The number of hydrogen-bond donors (Lipinski definition) is 1. The Morgan fingerprint density at radius 1 is 1.44 bits per heavy atom. The molecular formula is C13H15N5. The predicted octanol–water partition coefficient (Wildman–Crippen LogP) is 1.96. The van der Waals surface area contributed by atoms with Gasteiger partial charge in [-0.3, -0.25) is 4.68 Å². The molecule has 2 rings (SSSR count). The minimum atomic E-state index is 0.691. The first-order chi connectivity index (χ1) is 8.79. The van der Waals surface area contributed by atoms with Crippen molar-refractivity contribution in [2.75, 3.05) is 11.9 Å². The molecule has 92 valence electrons. The van der Waals surface area contributed by atoms with Crippen molar-refractivity contribution in [2.45, 2.75) is 19.9 Å². The third kappa shape index (κ3) is 3.08. The van der Waals surface area contributed by atoms with Gasteiger partial charge in [0.1, 0.15) is 6.07 Å². The van der Waals surface area contributed by atoms with Crippen molar-refractivity contribution < 1.29 is 0 Å². The van der Waals surface area contributed by atoms with Gasteiger partial charge in [0.25, 0.3) is 0 Å². The van der Waals surface area contributed by atoms with E-state index in [1.54, 1.807) is 10.9 Å². The lowest BCUT2D eigenvalue weighted by atomic mass is 10.1. The van der Waals surface area contributed by atoms with Crippen LogP contribution in [0.15, 0.2) is 30.6 Å². The molecule has 0 atom stereocenters. The van der Waals surface area contributed by atoms with E-state index in [4.69, 9.17) is 5.26 Å². The van der Waals surface area contributed by atoms with Gasteiger partial charge in [0.15, 0.2) is 0 Å². The third-order valence-corrected chi connectivity index (χ3v) is 2.65. The van der Waals surface area contributed by atoms with E-state index >= 15 is 0 Å². The van der Waals surface area contributed by atoms with Crippen molar-refractivity contribution >= 4 is 5.69 Å². The molecule has 0 aliphatic heterocycles. The van der Waals surface area contributed by atoms with Crippen LogP contribution in [0.1, 0.15) is 17.5 Å². The van der Waals surface area contributed by atoms with E-state index in [0.717, 1.165) is 30.8 Å². The van der Waals surface area contributed by atoms with Crippen LogP contribution in [-0.4, -0.2) is 21.5 Å². The number of nitrogens with zero attached hydrogens (tertiary/aromatic N) is 4. The Hall–Kier alpha value is -2.35. The molecule has 0 saturated heterocycles. The van der Waals surface area contributed by atoms with Gasteiger partial charge in [0, 0.05) is 19.3 Å². The van der Waals surface area contributed by atoms with Crippen molar-refractivity contribution in [2.24, 2.45) is 0 Å². The van der Waals surface area contributed by atoms with E-state index in [9.17, 15) is 0 Å². The van der Waals surface area contributed by atoms with Crippen molar-refractivity contribution in [3.05, 3.63) is 41.7 Å². The summed E-state index contributed by atoms with van der Waals surface area (Å²) in [5.41, 5.74) is 2.68. The summed E-state index contributed by atoms with van der Waals surface area (Å²) in [6.45, 7) is 3.60. The molecule has 0 bridgehead atoms. The Morgan fingerprint density at radius 3 is 3.06 bits per heavy atom. The minimum absolute atomic E-state index is 0.691. The van der Waals surface area contributed by atoms with Gasteiger partial charge in [0.2, 0.25) is 0 Å². The maximum absolute atomic E-state index is 9.04. The van der Waals surface area contributed by atoms with E-state index in [0.29, 0.717) is 5.56 Å². The number of aromatic nitrogens is 3. The van der Waals surface area contributed by atoms with E-state index in [1.165, 1.54) is 0 Å². The van der Waals surface area contributed by atoms with E-state index in [1.807, 2.05) is 31.3 Å². The number of aryl methyl sites for hydroxylation is 2. The van der Waals surface area contributed by atoms with Crippen LogP contribution in [0.4, 0.5) is 5.69 Å². The summed E-state index contributed by atoms with van der Waals surface area (Å²) in [6.07, 6.45) is 4.44. The second-order valence-electron chi connectivity index (χ2n) is 4.11. The van der Waals surface area contributed by atoms with E-state index in [2.05, 4.69) is 21.7 Å². The first-order valence-corrected chi connectivity index (χ1v) is 5.88. The number of hydrogen-bond acceptors (Lipinski definition) is 4. The molecule has 0 unspecified atom stereocenters. The lowest BCUT2D eigenvalue weighted by Crippen LogP contribution is -2.08. The van der Waals surface area contributed by atoms with Crippen LogP contribution in [0, 0.1) is 18.3 Å². The predicted molar refractivity (Wildman–Crippen MR) is 69.0 cm³/mol. The van der Waals surface area contributed by atoms with Gasteiger partial charge < -0.3 is 5.32 Å². The summed E-state index contributed by atoms with van der Waals surface area (Å²) in [4.78, 5) is 0. The molecule has 1 aromatic heterocycles. The van der Waals surface area contributed by atoms with Crippen molar-refractivity contribution in [1.82, 2.24) is 15.0 Å². The number of nitriles is 1. The summed E-state index contributed by atoms with van der Waals surface area (Å²) in [7, 11) is 0. The summed E-state index contributed by atoms with van der Waals surface area (Å²) in [6, 6.07) is 8.04. The van der Waals surface area contributed by atoms with Crippen molar-refractivity contribution in [1.29, 1.82) is 5.26 Å². The molecule has 18 heavy (non-hydrogen) atoms. The van der Waals surface area contributed by atoms with Crippen LogP contribution in [0.5, 0.6) is 0 Å². The Morgan fingerprint density at radius 2 is 2.33 bits per heavy atom. The maximum atomic E-state index is 9.04. The third-order valence-electron chi connectivity index (χ3n) is 2.65. The largest absolute Gasteiger partial charge is 0.384 e. The summed E-state index contributed by atoms with van der Waals surface area (Å²) in [5.74, 6) is 0. The molecule has 0 aliphatic carbocycles. The average Bonchev–Trinajstić information content (AvgIpc) is 2.89. The zero-order valence-corrected chi connectivity index (χ0v) is 10.3. The van der Waals surface area contributed by atoms with Crippen LogP contribution in [0.2, 0.25) is 0 Å². The van der Waals surface area contributed by atoms with Gasteiger partial charge in [0.05, 0.1) is 17.4 Å². The normalized spacial score (nSPS) is 10.0. The lowest BCUT2D eigenvalue weighted by Gasteiger charge is -2.08.